The minimum atomic E-state index is -6.14. The minimum absolute atomic E-state index is 2.27. The van der Waals surface area contributed by atoms with Crippen molar-refractivity contribution in [2.24, 2.45) is 0 Å². The van der Waals surface area contributed by atoms with Crippen LogP contribution in [0.15, 0.2) is 0 Å². The molecule has 0 saturated heterocycles. The van der Waals surface area contributed by atoms with Gasteiger partial charge in [0.15, 0.2) is 0 Å². The quantitative estimate of drug-likeness (QED) is 0.140. The molecule has 0 aromatic carbocycles. The summed E-state index contributed by atoms with van der Waals surface area (Å²) >= 11 is 0. The van der Waals surface area contributed by atoms with Crippen molar-refractivity contribution in [2.45, 2.75) is 36.3 Å². The van der Waals surface area contributed by atoms with Crippen molar-refractivity contribution in [1.82, 2.24) is 0 Å². The number of hydrogen-bond donors (Lipinski definition) is 10. The van der Waals surface area contributed by atoms with E-state index in [1.54, 1.807) is 0 Å². The van der Waals surface area contributed by atoms with Crippen molar-refractivity contribution in [2.75, 3.05) is 0 Å². The molecule has 0 bridgehead atoms. The van der Waals surface area contributed by atoms with Crippen molar-refractivity contribution < 1.29 is 77.1 Å². The highest BCUT2D eigenvalue weighted by atomic mass is 31.3. The third-order valence-electron chi connectivity index (χ3n) is 2.87. The predicted octanol–water partition coefficient (Wildman–Crippen LogP) is -4.16. The Morgan fingerprint density at radius 3 is 1.28 bits per heavy atom. The minimum Gasteiger partial charge on any atom is -0.387 e. The molecule has 6 atom stereocenters. The van der Waals surface area contributed by atoms with Gasteiger partial charge in [-0.2, -0.15) is 8.62 Å². The molecule has 25 heavy (non-hydrogen) atoms. The van der Waals surface area contributed by atoms with Crippen molar-refractivity contribution in [3.05, 3.63) is 0 Å². The molecule has 0 aliphatic heterocycles. The summed E-state index contributed by atoms with van der Waals surface area (Å²) in [4.78, 5) is 34.4. The Hall–Kier alpha value is 0.170. The molecule has 1 aliphatic carbocycles. The van der Waals surface area contributed by atoms with Gasteiger partial charge in [0.1, 0.15) is 30.5 Å². The van der Waals surface area contributed by atoms with Crippen LogP contribution in [-0.2, 0) is 26.8 Å². The second-order valence-electron chi connectivity index (χ2n) is 4.80. The topological polar surface area (TPSA) is 281 Å². The largest absolute Gasteiger partial charge is 0.495 e. The average molecular weight is 436 g/mol. The zero-order valence-electron chi connectivity index (χ0n) is 11.7. The summed E-state index contributed by atoms with van der Waals surface area (Å²) < 4.78 is 44.4. The van der Waals surface area contributed by atoms with Gasteiger partial charge in [-0.15, -0.1) is 0 Å². The fourth-order valence-corrected chi connectivity index (χ4v) is 5.15. The van der Waals surface area contributed by atoms with Crippen LogP contribution in [0.5, 0.6) is 0 Å². The van der Waals surface area contributed by atoms with E-state index in [0.717, 1.165) is 0 Å². The van der Waals surface area contributed by atoms with Crippen LogP contribution in [0.4, 0.5) is 0 Å². The van der Waals surface area contributed by atoms with Crippen LogP contribution in [-0.4, -0.2) is 86.5 Å². The average Bonchev–Trinajstić information content (AvgIpc) is 2.36. The molecular formula is C6H15O16P3. The molecule has 2 unspecified atom stereocenters. The zero-order valence-corrected chi connectivity index (χ0v) is 14.3. The van der Waals surface area contributed by atoms with E-state index in [9.17, 15) is 44.3 Å². The van der Waals surface area contributed by atoms with E-state index < -0.39 is 59.8 Å². The van der Waals surface area contributed by atoms with Crippen LogP contribution in [0.3, 0.4) is 0 Å². The lowest BCUT2D eigenvalue weighted by atomic mass is 9.82. The molecule has 19 heteroatoms. The molecule has 16 nitrogen and oxygen atoms in total. The molecule has 1 saturated carbocycles. The Bertz CT molecular complexity index is 577. The van der Waals surface area contributed by atoms with Gasteiger partial charge in [-0.25, -0.2) is 18.2 Å². The first-order valence-electron chi connectivity index (χ1n) is 5.89. The summed E-state index contributed by atoms with van der Waals surface area (Å²) in [5.74, 6) is -3.81. The Balaban J connectivity index is 3.31. The first-order chi connectivity index (χ1) is 10.9. The molecular weight excluding hydrogens is 421 g/mol. The maximum Gasteiger partial charge on any atom is 0.495 e. The van der Waals surface area contributed by atoms with Crippen LogP contribution in [0.1, 0.15) is 0 Å². The highest BCUT2D eigenvalue weighted by Gasteiger charge is 2.63. The standard InChI is InChI=1S/C6H15O16P3/c7-1-2(8)4(10)6(12,5(11)3(1)9)20-25(19,21-23(13,14)15)22-24(16,17)18/h1-5,7-12H,(H2,13,14,15)(H2,16,17,18)/t1?,2-,3+,4-,5-,6?/m1/s1. The third kappa shape index (κ3) is 5.57. The molecule has 1 aliphatic rings. The van der Waals surface area contributed by atoms with Crippen molar-refractivity contribution in [3.8, 4) is 0 Å². The first kappa shape index (κ1) is 23.2. The summed E-state index contributed by atoms with van der Waals surface area (Å²) in [6.45, 7) is 0. The lowest BCUT2D eigenvalue weighted by molar-refractivity contribution is -0.336. The Morgan fingerprint density at radius 1 is 0.680 bits per heavy atom. The molecule has 0 heterocycles. The molecule has 0 spiro atoms. The Morgan fingerprint density at radius 2 is 1.00 bits per heavy atom. The fraction of sp³-hybridized carbons (Fsp3) is 1.00. The Kier molecular flexibility index (Phi) is 6.77. The van der Waals surface area contributed by atoms with Crippen molar-refractivity contribution in [1.29, 1.82) is 0 Å². The van der Waals surface area contributed by atoms with Gasteiger partial charge in [0, 0.05) is 0 Å². The number of rotatable bonds is 6. The number of aliphatic hydroxyl groups is 6. The van der Waals surface area contributed by atoms with E-state index in [-0.39, 0.29) is 0 Å². The van der Waals surface area contributed by atoms with Crippen LogP contribution >= 0.6 is 23.5 Å². The number of aliphatic hydroxyl groups excluding tert-OH is 5. The molecule has 150 valence electrons. The van der Waals surface area contributed by atoms with E-state index in [1.165, 1.54) is 0 Å². The van der Waals surface area contributed by atoms with Gasteiger partial charge in [-0.05, 0) is 0 Å². The number of hydrogen-bond acceptors (Lipinski definition) is 12. The highest BCUT2D eigenvalue weighted by molar-refractivity contribution is 7.66. The van der Waals surface area contributed by atoms with Gasteiger partial charge in [-0.1, -0.05) is 0 Å². The fourth-order valence-electron chi connectivity index (χ4n) is 1.84. The molecule has 1 rings (SSSR count). The molecule has 0 radical (unpaired) electrons. The van der Waals surface area contributed by atoms with Gasteiger partial charge in [0.05, 0.1) is 0 Å². The van der Waals surface area contributed by atoms with E-state index in [1.807, 2.05) is 0 Å². The molecule has 1 fully saturated rings. The van der Waals surface area contributed by atoms with Crippen LogP contribution in [0.2, 0.25) is 0 Å². The smallest absolute Gasteiger partial charge is 0.387 e. The SMILES string of the molecule is O=P(O)(O)OP(=O)(OC1(O)[C@H](O)[C@H](O)C(O)[C@H](O)[C@H]1O)OP(=O)(O)O. The van der Waals surface area contributed by atoms with Crippen molar-refractivity contribution in [3.63, 3.8) is 0 Å². The summed E-state index contributed by atoms with van der Waals surface area (Å²) in [6, 6.07) is 0. The second kappa shape index (κ2) is 7.30. The van der Waals surface area contributed by atoms with Crippen molar-refractivity contribution >= 4 is 23.5 Å². The van der Waals surface area contributed by atoms with Gasteiger partial charge in [0.25, 0.3) is 0 Å². The van der Waals surface area contributed by atoms with Gasteiger partial charge in [-0.3, -0.25) is 0 Å². The van der Waals surface area contributed by atoms with Crippen LogP contribution < -0.4 is 0 Å². The predicted molar refractivity (Wildman–Crippen MR) is 69.9 cm³/mol. The summed E-state index contributed by atoms with van der Waals surface area (Å²) in [6.07, 6.45) is -12.8. The lowest BCUT2D eigenvalue weighted by Crippen LogP contribution is -2.71. The molecule has 0 amide bonds. The molecule has 10 N–H and O–H groups in total. The normalized spacial score (nSPS) is 37.9. The third-order valence-corrected chi connectivity index (χ3v) is 6.68. The van der Waals surface area contributed by atoms with Gasteiger partial charge >= 0.3 is 23.5 Å². The monoisotopic (exact) mass is 436 g/mol. The van der Waals surface area contributed by atoms with Gasteiger partial charge < -0.3 is 50.2 Å². The maximum atomic E-state index is 12.0. The van der Waals surface area contributed by atoms with E-state index in [0.29, 0.717) is 0 Å². The zero-order chi connectivity index (χ0) is 20.0. The maximum absolute atomic E-state index is 12.0. The van der Waals surface area contributed by atoms with Crippen LogP contribution in [0.25, 0.3) is 0 Å². The molecule has 0 aromatic heterocycles. The first-order valence-corrected chi connectivity index (χ1v) is 10.4. The lowest BCUT2D eigenvalue weighted by Gasteiger charge is -2.47. The summed E-state index contributed by atoms with van der Waals surface area (Å²) in [5.41, 5.74) is 0. The summed E-state index contributed by atoms with van der Waals surface area (Å²) in [7, 11) is -17.9. The van der Waals surface area contributed by atoms with E-state index in [4.69, 9.17) is 19.6 Å². The Labute approximate surface area is 137 Å². The second-order valence-corrected chi connectivity index (χ2v) is 9.14. The van der Waals surface area contributed by atoms with Gasteiger partial charge in [0.2, 0.25) is 5.79 Å². The van der Waals surface area contributed by atoms with E-state index in [2.05, 4.69) is 13.1 Å². The highest BCUT2D eigenvalue weighted by Crippen LogP contribution is 2.69. The summed E-state index contributed by atoms with van der Waals surface area (Å²) in [5, 5.41) is 57.5. The van der Waals surface area contributed by atoms with Crippen LogP contribution in [0, 0.1) is 0 Å². The van der Waals surface area contributed by atoms with E-state index >= 15 is 0 Å². The number of phosphoric acid groups is 3. The molecule has 0 aromatic rings.